The minimum atomic E-state index is -4.15. The first-order valence-electron chi connectivity index (χ1n) is 5.46. The van der Waals surface area contributed by atoms with Crippen molar-refractivity contribution in [2.75, 3.05) is 18.4 Å². The fourth-order valence-corrected chi connectivity index (χ4v) is 2.23. The van der Waals surface area contributed by atoms with Gasteiger partial charge in [-0.1, -0.05) is 12.1 Å². The lowest BCUT2D eigenvalue weighted by Gasteiger charge is -2.07. The highest BCUT2D eigenvalue weighted by atomic mass is 32.2. The molecular weight excluding hydrogens is 252 g/mol. The zero-order valence-electron chi connectivity index (χ0n) is 9.63. The Balaban J connectivity index is 2.42. The van der Waals surface area contributed by atoms with Gasteiger partial charge in [-0.15, -0.1) is 0 Å². The lowest BCUT2D eigenvalue weighted by molar-refractivity contribution is 0.483. The lowest BCUT2D eigenvalue weighted by atomic mass is 10.1. The van der Waals surface area contributed by atoms with Crippen molar-refractivity contribution < 1.29 is 13.0 Å². The summed E-state index contributed by atoms with van der Waals surface area (Å²) >= 11 is 0. The Labute approximate surface area is 105 Å². The van der Waals surface area contributed by atoms with Gasteiger partial charge < -0.3 is 11.1 Å². The number of nitrogens with one attached hydrogen (secondary N) is 1. The van der Waals surface area contributed by atoms with Crippen molar-refractivity contribution in [2.24, 2.45) is 5.73 Å². The molecule has 96 valence electrons. The summed E-state index contributed by atoms with van der Waals surface area (Å²) in [5.41, 5.74) is 6.32. The Morgan fingerprint density at radius 3 is 2.44 bits per heavy atom. The van der Waals surface area contributed by atoms with Crippen LogP contribution in [0.5, 0.6) is 0 Å². The van der Waals surface area contributed by atoms with Crippen LogP contribution in [0.15, 0.2) is 41.3 Å². The van der Waals surface area contributed by atoms with Gasteiger partial charge in [0.05, 0.1) is 4.90 Å². The highest BCUT2D eigenvalue weighted by Crippen LogP contribution is 2.22. The largest absolute Gasteiger partial charge is 0.384 e. The topological polar surface area (TPSA) is 92.4 Å². The first-order valence-corrected chi connectivity index (χ1v) is 6.90. The summed E-state index contributed by atoms with van der Waals surface area (Å²) < 4.78 is 31.0. The molecular formula is C12H14N2O3S. The number of hydrogen-bond donors (Lipinski definition) is 3. The van der Waals surface area contributed by atoms with E-state index in [1.165, 1.54) is 12.1 Å². The molecule has 6 heteroatoms. The molecule has 0 aliphatic heterocycles. The third kappa shape index (κ3) is 2.79. The number of rotatable bonds is 4. The molecule has 0 fully saturated rings. The van der Waals surface area contributed by atoms with Crippen molar-refractivity contribution in [1.82, 2.24) is 0 Å². The highest BCUT2D eigenvalue weighted by molar-refractivity contribution is 7.85. The molecule has 0 amide bonds. The SMILES string of the molecule is NCCNc1ccc2cc(S(=O)(=O)O)ccc2c1. The summed E-state index contributed by atoms with van der Waals surface area (Å²) in [6, 6.07) is 10.0. The molecule has 0 unspecified atom stereocenters. The van der Waals surface area contributed by atoms with Crippen LogP contribution in [-0.4, -0.2) is 26.1 Å². The van der Waals surface area contributed by atoms with E-state index in [1.54, 1.807) is 12.1 Å². The van der Waals surface area contributed by atoms with E-state index in [4.69, 9.17) is 10.3 Å². The van der Waals surface area contributed by atoms with Gasteiger partial charge in [0.25, 0.3) is 10.1 Å². The van der Waals surface area contributed by atoms with Crippen LogP contribution in [0.1, 0.15) is 0 Å². The monoisotopic (exact) mass is 266 g/mol. The van der Waals surface area contributed by atoms with Crippen molar-refractivity contribution in [2.45, 2.75) is 4.90 Å². The van der Waals surface area contributed by atoms with E-state index >= 15 is 0 Å². The Morgan fingerprint density at radius 2 is 1.78 bits per heavy atom. The fourth-order valence-electron chi connectivity index (χ4n) is 1.71. The van der Waals surface area contributed by atoms with E-state index in [0.717, 1.165) is 16.5 Å². The maximum atomic E-state index is 11.0. The lowest BCUT2D eigenvalue weighted by Crippen LogP contribution is -2.12. The molecule has 2 rings (SSSR count). The van der Waals surface area contributed by atoms with Gasteiger partial charge in [0.1, 0.15) is 0 Å². The number of anilines is 1. The third-order valence-electron chi connectivity index (χ3n) is 2.58. The Kier molecular flexibility index (Phi) is 3.51. The van der Waals surface area contributed by atoms with Gasteiger partial charge in [-0.3, -0.25) is 4.55 Å². The molecule has 0 spiro atoms. The molecule has 0 radical (unpaired) electrons. The van der Waals surface area contributed by atoms with Crippen LogP contribution in [0, 0.1) is 0 Å². The molecule has 0 aliphatic carbocycles. The number of fused-ring (bicyclic) bond motifs is 1. The zero-order chi connectivity index (χ0) is 13.2. The highest BCUT2D eigenvalue weighted by Gasteiger charge is 2.09. The van der Waals surface area contributed by atoms with E-state index in [2.05, 4.69) is 5.32 Å². The van der Waals surface area contributed by atoms with Gasteiger partial charge in [-0.2, -0.15) is 8.42 Å². The molecule has 0 saturated carbocycles. The quantitative estimate of drug-likeness (QED) is 0.728. The average Bonchev–Trinajstić information content (AvgIpc) is 2.34. The van der Waals surface area contributed by atoms with E-state index in [0.29, 0.717) is 13.1 Å². The number of hydrogen-bond acceptors (Lipinski definition) is 4. The first-order chi connectivity index (χ1) is 8.50. The van der Waals surface area contributed by atoms with E-state index in [1.807, 2.05) is 12.1 Å². The predicted octanol–water partition coefficient (Wildman–Crippen LogP) is 1.46. The minimum Gasteiger partial charge on any atom is -0.384 e. The predicted molar refractivity (Wildman–Crippen MR) is 71.3 cm³/mol. The maximum Gasteiger partial charge on any atom is 0.294 e. The molecule has 0 heterocycles. The third-order valence-corrected chi connectivity index (χ3v) is 3.43. The summed E-state index contributed by atoms with van der Waals surface area (Å²) in [7, 11) is -4.15. The molecule has 0 aromatic heterocycles. The molecule has 2 aromatic carbocycles. The Bertz CT molecular complexity index is 668. The zero-order valence-corrected chi connectivity index (χ0v) is 10.4. The van der Waals surface area contributed by atoms with Crippen LogP contribution < -0.4 is 11.1 Å². The van der Waals surface area contributed by atoms with Crippen molar-refractivity contribution >= 4 is 26.6 Å². The van der Waals surface area contributed by atoms with Crippen molar-refractivity contribution in [1.29, 1.82) is 0 Å². The van der Waals surface area contributed by atoms with Crippen LogP contribution in [0.25, 0.3) is 10.8 Å². The van der Waals surface area contributed by atoms with Gasteiger partial charge in [0.2, 0.25) is 0 Å². The van der Waals surface area contributed by atoms with E-state index in [9.17, 15) is 8.42 Å². The second-order valence-electron chi connectivity index (χ2n) is 3.91. The second kappa shape index (κ2) is 4.93. The van der Waals surface area contributed by atoms with Crippen LogP contribution in [0.2, 0.25) is 0 Å². The number of nitrogens with two attached hydrogens (primary N) is 1. The van der Waals surface area contributed by atoms with E-state index < -0.39 is 10.1 Å². The van der Waals surface area contributed by atoms with Crippen molar-refractivity contribution in [3.63, 3.8) is 0 Å². The maximum absolute atomic E-state index is 11.0. The summed E-state index contributed by atoms with van der Waals surface area (Å²) in [5, 5.41) is 4.78. The molecule has 0 saturated heterocycles. The van der Waals surface area contributed by atoms with Gasteiger partial charge in [-0.05, 0) is 35.0 Å². The summed E-state index contributed by atoms with van der Waals surface area (Å²) in [4.78, 5) is -0.0994. The van der Waals surface area contributed by atoms with Crippen LogP contribution in [0.4, 0.5) is 5.69 Å². The number of benzene rings is 2. The summed E-state index contributed by atoms with van der Waals surface area (Å²) in [6.45, 7) is 1.22. The summed E-state index contributed by atoms with van der Waals surface area (Å²) in [6.07, 6.45) is 0. The van der Waals surface area contributed by atoms with Crippen LogP contribution >= 0.6 is 0 Å². The minimum absolute atomic E-state index is 0.0994. The second-order valence-corrected chi connectivity index (χ2v) is 5.34. The van der Waals surface area contributed by atoms with Gasteiger partial charge >= 0.3 is 0 Å². The molecule has 0 bridgehead atoms. The molecule has 2 aromatic rings. The van der Waals surface area contributed by atoms with Crippen LogP contribution in [0.3, 0.4) is 0 Å². The normalized spacial score (nSPS) is 11.7. The van der Waals surface area contributed by atoms with E-state index in [-0.39, 0.29) is 4.90 Å². The Morgan fingerprint density at radius 1 is 1.11 bits per heavy atom. The molecule has 4 N–H and O–H groups in total. The smallest absolute Gasteiger partial charge is 0.294 e. The van der Waals surface area contributed by atoms with Crippen LogP contribution in [-0.2, 0) is 10.1 Å². The van der Waals surface area contributed by atoms with Crippen molar-refractivity contribution in [3.05, 3.63) is 36.4 Å². The molecule has 0 aliphatic rings. The van der Waals surface area contributed by atoms with Gasteiger partial charge in [0.15, 0.2) is 0 Å². The molecule has 18 heavy (non-hydrogen) atoms. The molecule has 5 nitrogen and oxygen atoms in total. The van der Waals surface area contributed by atoms with Crippen molar-refractivity contribution in [3.8, 4) is 0 Å². The van der Waals surface area contributed by atoms with Gasteiger partial charge in [-0.25, -0.2) is 0 Å². The standard InChI is InChI=1S/C12H14N2O3S/c13-5-6-14-11-3-1-10-8-12(18(15,16)17)4-2-9(10)7-11/h1-4,7-8,14H,5-6,13H2,(H,15,16,17). The molecule has 0 atom stereocenters. The fraction of sp³-hybridized carbons (Fsp3) is 0.167. The average molecular weight is 266 g/mol. The first kappa shape index (κ1) is 12.8. The Hall–Kier alpha value is -1.63. The van der Waals surface area contributed by atoms with Gasteiger partial charge in [0, 0.05) is 18.8 Å². The summed E-state index contributed by atoms with van der Waals surface area (Å²) in [5.74, 6) is 0.